The lowest BCUT2D eigenvalue weighted by Gasteiger charge is -2.05. The van der Waals surface area contributed by atoms with Gasteiger partial charge in [-0.25, -0.2) is 9.98 Å². The summed E-state index contributed by atoms with van der Waals surface area (Å²) in [6, 6.07) is 3.91. The van der Waals surface area contributed by atoms with Crippen LogP contribution in [0.25, 0.3) is 22.2 Å². The predicted octanol–water partition coefficient (Wildman–Crippen LogP) is 4.54. The Morgan fingerprint density at radius 3 is 2.77 bits per heavy atom. The van der Waals surface area contributed by atoms with Gasteiger partial charge in [-0.1, -0.05) is 0 Å². The molecule has 0 aliphatic heterocycles. The summed E-state index contributed by atoms with van der Waals surface area (Å²) in [6.45, 7) is 5.88. The lowest BCUT2D eigenvalue weighted by Crippen LogP contribution is -1.94. The van der Waals surface area contributed by atoms with Crippen LogP contribution < -0.4 is 0 Å². The first-order valence-corrected chi connectivity index (χ1v) is 8.94. The Hall–Kier alpha value is -3.06. The zero-order valence-electron chi connectivity index (χ0n) is 14.6. The molecule has 4 heterocycles. The number of nitrogens with one attached hydrogen (secondary N) is 1. The summed E-state index contributed by atoms with van der Waals surface area (Å²) in [7, 11) is 0. The number of hydrogen-bond donors (Lipinski definition) is 2. The molecule has 0 aromatic carbocycles. The molecule has 7 heteroatoms. The van der Waals surface area contributed by atoms with Crippen molar-refractivity contribution >= 4 is 33.1 Å². The second kappa shape index (κ2) is 6.34. The highest BCUT2D eigenvalue weighted by atomic mass is 32.1. The minimum Gasteiger partial charge on any atom is -0.494 e. The van der Waals surface area contributed by atoms with Crippen molar-refractivity contribution in [3.05, 3.63) is 52.9 Å². The molecule has 4 aromatic heterocycles. The van der Waals surface area contributed by atoms with Gasteiger partial charge in [0.2, 0.25) is 5.13 Å². The summed E-state index contributed by atoms with van der Waals surface area (Å²) in [6.07, 6.45) is 7.08. The van der Waals surface area contributed by atoms with Crippen molar-refractivity contribution in [2.24, 2.45) is 4.99 Å². The van der Waals surface area contributed by atoms with Crippen LogP contribution in [-0.4, -0.2) is 30.8 Å². The quantitative estimate of drug-likeness (QED) is 0.523. The summed E-state index contributed by atoms with van der Waals surface area (Å²) < 4.78 is 0. The topological polar surface area (TPSA) is 87.0 Å². The Balaban J connectivity index is 1.87. The molecular formula is C19H17N5OS. The van der Waals surface area contributed by atoms with Crippen molar-refractivity contribution in [1.29, 1.82) is 0 Å². The third kappa shape index (κ3) is 2.86. The van der Waals surface area contributed by atoms with E-state index in [0.29, 0.717) is 16.4 Å². The maximum absolute atomic E-state index is 10.4. The van der Waals surface area contributed by atoms with Gasteiger partial charge in [-0.15, -0.1) is 11.3 Å². The number of aromatic nitrogens is 4. The minimum absolute atomic E-state index is 0.0800. The monoisotopic (exact) mass is 363 g/mol. The van der Waals surface area contributed by atoms with Crippen LogP contribution in [0.3, 0.4) is 0 Å². The van der Waals surface area contributed by atoms with E-state index in [2.05, 4.69) is 24.9 Å². The van der Waals surface area contributed by atoms with E-state index in [1.807, 2.05) is 32.9 Å². The molecule has 0 unspecified atom stereocenters. The fourth-order valence-corrected chi connectivity index (χ4v) is 3.60. The largest absolute Gasteiger partial charge is 0.494 e. The third-order valence-corrected chi connectivity index (χ3v) is 5.02. The Labute approximate surface area is 154 Å². The number of rotatable bonds is 3. The van der Waals surface area contributed by atoms with E-state index < -0.39 is 0 Å². The standard InChI is InChI=1S/C19H17N5OS/c1-10-4-5-20-8-14(10)15-6-13-16(9-21-15)24-18(25)17(13)12(3)23-19-22-7-11(2)26-19/h4-9,24-25H,1-3H3/b23-12+. The second-order valence-electron chi connectivity index (χ2n) is 6.11. The highest BCUT2D eigenvalue weighted by Crippen LogP contribution is 2.32. The Morgan fingerprint density at radius 2 is 2.04 bits per heavy atom. The number of nitrogens with zero attached hydrogens (tertiary/aromatic N) is 4. The number of pyridine rings is 2. The number of aryl methyl sites for hydroxylation is 2. The minimum atomic E-state index is 0.0800. The van der Waals surface area contributed by atoms with Gasteiger partial charge in [0.25, 0.3) is 0 Å². The lowest BCUT2D eigenvalue weighted by atomic mass is 10.0. The maximum Gasteiger partial charge on any atom is 0.209 e. The number of aromatic amines is 1. The molecule has 0 saturated heterocycles. The highest BCUT2D eigenvalue weighted by Gasteiger charge is 2.16. The van der Waals surface area contributed by atoms with Crippen LogP contribution in [-0.2, 0) is 0 Å². The van der Waals surface area contributed by atoms with Crippen molar-refractivity contribution in [3.8, 4) is 17.1 Å². The van der Waals surface area contributed by atoms with Crippen LogP contribution in [0.5, 0.6) is 5.88 Å². The second-order valence-corrected chi connectivity index (χ2v) is 7.32. The van der Waals surface area contributed by atoms with Crippen LogP contribution in [0.4, 0.5) is 5.13 Å². The van der Waals surface area contributed by atoms with Crippen molar-refractivity contribution in [3.63, 3.8) is 0 Å². The predicted molar refractivity (Wildman–Crippen MR) is 104 cm³/mol. The van der Waals surface area contributed by atoms with Crippen LogP contribution in [0.1, 0.15) is 22.9 Å². The summed E-state index contributed by atoms with van der Waals surface area (Å²) in [5.74, 6) is 0.0800. The molecule has 0 atom stereocenters. The Morgan fingerprint density at radius 1 is 1.19 bits per heavy atom. The van der Waals surface area contributed by atoms with Gasteiger partial charge in [0, 0.05) is 34.4 Å². The molecular weight excluding hydrogens is 346 g/mol. The van der Waals surface area contributed by atoms with Gasteiger partial charge in [-0.2, -0.15) is 0 Å². The van der Waals surface area contributed by atoms with Gasteiger partial charge in [0.15, 0.2) is 5.88 Å². The van der Waals surface area contributed by atoms with E-state index >= 15 is 0 Å². The van der Waals surface area contributed by atoms with Crippen LogP contribution in [0, 0.1) is 13.8 Å². The number of hydrogen-bond acceptors (Lipinski definition) is 6. The maximum atomic E-state index is 10.4. The molecule has 0 bridgehead atoms. The molecule has 4 aromatic rings. The van der Waals surface area contributed by atoms with Gasteiger partial charge in [-0.05, 0) is 38.5 Å². The molecule has 0 radical (unpaired) electrons. The van der Waals surface area contributed by atoms with Gasteiger partial charge in [0.1, 0.15) is 0 Å². The first kappa shape index (κ1) is 16.4. The van der Waals surface area contributed by atoms with Crippen molar-refractivity contribution in [2.75, 3.05) is 0 Å². The van der Waals surface area contributed by atoms with E-state index in [4.69, 9.17) is 0 Å². The van der Waals surface area contributed by atoms with Gasteiger partial charge in [0.05, 0.1) is 28.7 Å². The SMILES string of the molecule is C/C(=N\c1ncc(C)s1)c1c(O)[nH]c2cnc(-c3cnccc3C)cc12. The molecule has 0 amide bonds. The fourth-order valence-electron chi connectivity index (χ4n) is 2.92. The lowest BCUT2D eigenvalue weighted by molar-refractivity contribution is 0.457. The molecule has 0 aliphatic carbocycles. The zero-order valence-corrected chi connectivity index (χ0v) is 15.4. The average Bonchev–Trinajstić information content (AvgIpc) is 3.16. The molecule has 0 aliphatic rings. The van der Waals surface area contributed by atoms with Crippen LogP contribution >= 0.6 is 11.3 Å². The molecule has 0 spiro atoms. The van der Waals surface area contributed by atoms with E-state index in [0.717, 1.165) is 32.6 Å². The smallest absolute Gasteiger partial charge is 0.209 e. The molecule has 4 rings (SSSR count). The Kier molecular flexibility index (Phi) is 4.00. The average molecular weight is 363 g/mol. The zero-order chi connectivity index (χ0) is 18.3. The van der Waals surface area contributed by atoms with Gasteiger partial charge < -0.3 is 10.1 Å². The summed E-state index contributed by atoms with van der Waals surface area (Å²) >= 11 is 1.52. The number of H-pyrrole nitrogens is 1. The fraction of sp³-hybridized carbons (Fsp3) is 0.158. The molecule has 0 saturated carbocycles. The summed E-state index contributed by atoms with van der Waals surface area (Å²) in [5, 5.41) is 11.9. The van der Waals surface area contributed by atoms with Gasteiger partial charge >= 0.3 is 0 Å². The van der Waals surface area contributed by atoms with Crippen molar-refractivity contribution < 1.29 is 5.11 Å². The molecule has 6 nitrogen and oxygen atoms in total. The molecule has 26 heavy (non-hydrogen) atoms. The van der Waals surface area contributed by atoms with Gasteiger partial charge in [-0.3, -0.25) is 9.97 Å². The summed E-state index contributed by atoms with van der Waals surface area (Å²) in [4.78, 5) is 21.6. The molecule has 0 fully saturated rings. The van der Waals surface area contributed by atoms with Crippen molar-refractivity contribution in [2.45, 2.75) is 20.8 Å². The van der Waals surface area contributed by atoms with E-state index in [-0.39, 0.29) is 5.88 Å². The molecule has 2 N–H and O–H groups in total. The Bertz CT molecular complexity index is 1140. The van der Waals surface area contributed by atoms with E-state index in [9.17, 15) is 5.11 Å². The summed E-state index contributed by atoms with van der Waals surface area (Å²) in [5.41, 5.74) is 4.98. The first-order valence-electron chi connectivity index (χ1n) is 8.12. The van der Waals surface area contributed by atoms with Crippen LogP contribution in [0.2, 0.25) is 0 Å². The van der Waals surface area contributed by atoms with Crippen molar-refractivity contribution in [1.82, 2.24) is 19.9 Å². The number of aliphatic imine (C=N–C) groups is 1. The number of fused-ring (bicyclic) bond motifs is 1. The number of thiazole rings is 1. The van der Waals surface area contributed by atoms with E-state index in [1.54, 1.807) is 24.8 Å². The van der Waals surface area contributed by atoms with E-state index in [1.165, 1.54) is 11.3 Å². The molecule has 130 valence electrons. The third-order valence-electron chi connectivity index (χ3n) is 4.21. The highest BCUT2D eigenvalue weighted by molar-refractivity contribution is 7.15. The number of aromatic hydroxyl groups is 1. The van der Waals surface area contributed by atoms with Crippen LogP contribution in [0.15, 0.2) is 41.9 Å². The first-order chi connectivity index (χ1) is 12.5. The normalized spacial score (nSPS) is 12.0.